The Bertz CT molecular complexity index is 1090. The second-order valence-electron chi connectivity index (χ2n) is 7.16. The molecule has 4 aromatic rings. The molecule has 0 saturated carbocycles. The van der Waals surface area contributed by atoms with Crippen molar-refractivity contribution in [1.82, 2.24) is 19.5 Å². The molecule has 0 aliphatic carbocycles. The van der Waals surface area contributed by atoms with Crippen molar-refractivity contribution in [1.29, 1.82) is 0 Å². The summed E-state index contributed by atoms with van der Waals surface area (Å²) in [5, 5.41) is 10.9. The molecule has 0 spiro atoms. The zero-order chi connectivity index (χ0) is 18.9. The molecule has 4 aromatic heterocycles. The number of pyridine rings is 1. The standard InChI is InChI=1S/C21H20N4OS2/c26-20(11-15-7-10-27-14-15)24-8-1-3-17(12-24)21-22-19-6-5-16(13-25(19)23-21)18-4-2-9-28-18/h2,4-7,9-10,13-14,17H,1,3,8,11-12H2/t17-/m1/s1. The number of amides is 1. The van der Waals surface area contributed by atoms with Gasteiger partial charge in [0.1, 0.15) is 0 Å². The quantitative estimate of drug-likeness (QED) is 0.501. The van der Waals surface area contributed by atoms with Gasteiger partial charge in [0.05, 0.1) is 6.42 Å². The third-order valence-corrected chi connectivity index (χ3v) is 6.88. The van der Waals surface area contributed by atoms with E-state index in [1.54, 1.807) is 22.7 Å². The van der Waals surface area contributed by atoms with Gasteiger partial charge in [-0.15, -0.1) is 11.3 Å². The summed E-state index contributed by atoms with van der Waals surface area (Å²) in [5.74, 6) is 1.24. The Kier molecular flexibility index (Phi) is 4.70. The highest BCUT2D eigenvalue weighted by atomic mass is 32.1. The second-order valence-corrected chi connectivity index (χ2v) is 8.88. The minimum Gasteiger partial charge on any atom is -0.342 e. The van der Waals surface area contributed by atoms with E-state index in [0.29, 0.717) is 13.0 Å². The van der Waals surface area contributed by atoms with Gasteiger partial charge in [-0.1, -0.05) is 6.07 Å². The smallest absolute Gasteiger partial charge is 0.227 e. The van der Waals surface area contributed by atoms with E-state index in [9.17, 15) is 4.79 Å². The van der Waals surface area contributed by atoms with Gasteiger partial charge < -0.3 is 4.90 Å². The van der Waals surface area contributed by atoms with Crippen molar-refractivity contribution >= 4 is 34.2 Å². The third-order valence-electron chi connectivity index (χ3n) is 5.23. The monoisotopic (exact) mass is 408 g/mol. The van der Waals surface area contributed by atoms with Crippen LogP contribution in [0, 0.1) is 0 Å². The van der Waals surface area contributed by atoms with Crippen molar-refractivity contribution in [3.8, 4) is 10.4 Å². The zero-order valence-corrected chi connectivity index (χ0v) is 17.0. The summed E-state index contributed by atoms with van der Waals surface area (Å²) in [5.41, 5.74) is 3.11. The number of likely N-dealkylation sites (tertiary alicyclic amines) is 1. The first-order valence-electron chi connectivity index (χ1n) is 9.45. The molecule has 1 fully saturated rings. The van der Waals surface area contributed by atoms with Crippen molar-refractivity contribution < 1.29 is 4.79 Å². The number of fused-ring (bicyclic) bond motifs is 1. The van der Waals surface area contributed by atoms with Crippen LogP contribution in [-0.2, 0) is 11.2 Å². The van der Waals surface area contributed by atoms with Crippen molar-refractivity contribution in [2.24, 2.45) is 0 Å². The minimum absolute atomic E-state index is 0.199. The van der Waals surface area contributed by atoms with Crippen LogP contribution in [0.3, 0.4) is 0 Å². The summed E-state index contributed by atoms with van der Waals surface area (Å²) in [6.07, 6.45) is 4.55. The first-order chi connectivity index (χ1) is 13.8. The van der Waals surface area contributed by atoms with Gasteiger partial charge in [-0.25, -0.2) is 9.50 Å². The van der Waals surface area contributed by atoms with Crippen LogP contribution in [0.5, 0.6) is 0 Å². The molecule has 0 unspecified atom stereocenters. The van der Waals surface area contributed by atoms with Crippen LogP contribution in [-0.4, -0.2) is 38.5 Å². The summed E-state index contributed by atoms with van der Waals surface area (Å²) in [7, 11) is 0. The normalized spacial score (nSPS) is 17.3. The van der Waals surface area contributed by atoms with Crippen LogP contribution in [0.1, 0.15) is 30.1 Å². The predicted molar refractivity (Wildman–Crippen MR) is 113 cm³/mol. The fraction of sp³-hybridized carbons (Fsp3) is 0.286. The van der Waals surface area contributed by atoms with Crippen LogP contribution in [0.25, 0.3) is 16.1 Å². The van der Waals surface area contributed by atoms with Crippen molar-refractivity contribution in [2.45, 2.75) is 25.2 Å². The van der Waals surface area contributed by atoms with Crippen LogP contribution < -0.4 is 0 Å². The number of carbonyl (C=O) groups excluding carboxylic acids is 1. The Morgan fingerprint density at radius 2 is 2.18 bits per heavy atom. The van der Waals surface area contributed by atoms with E-state index < -0.39 is 0 Å². The minimum atomic E-state index is 0.199. The van der Waals surface area contributed by atoms with Gasteiger partial charge in [-0.3, -0.25) is 4.79 Å². The van der Waals surface area contributed by atoms with Crippen molar-refractivity contribution in [3.05, 3.63) is 64.1 Å². The molecule has 0 radical (unpaired) electrons. The number of hydrogen-bond donors (Lipinski definition) is 0. The number of piperidine rings is 1. The molecule has 1 aliphatic heterocycles. The van der Waals surface area contributed by atoms with E-state index in [-0.39, 0.29) is 11.8 Å². The lowest BCUT2D eigenvalue weighted by molar-refractivity contribution is -0.131. The average molecular weight is 409 g/mol. The van der Waals surface area contributed by atoms with Gasteiger partial charge in [0.2, 0.25) is 5.91 Å². The van der Waals surface area contributed by atoms with Gasteiger partial charge in [0.15, 0.2) is 11.5 Å². The largest absolute Gasteiger partial charge is 0.342 e. The highest BCUT2D eigenvalue weighted by molar-refractivity contribution is 7.13. The third kappa shape index (κ3) is 3.47. The molecule has 0 aromatic carbocycles. The van der Waals surface area contributed by atoms with E-state index >= 15 is 0 Å². The van der Waals surface area contributed by atoms with Crippen LogP contribution in [0.15, 0.2) is 52.7 Å². The Balaban J connectivity index is 1.35. The lowest BCUT2D eigenvalue weighted by atomic mass is 9.97. The van der Waals surface area contributed by atoms with E-state index in [0.717, 1.165) is 42.0 Å². The average Bonchev–Trinajstić information content (AvgIpc) is 3.48. The van der Waals surface area contributed by atoms with E-state index in [1.807, 2.05) is 38.5 Å². The maximum atomic E-state index is 12.7. The van der Waals surface area contributed by atoms with Gasteiger partial charge >= 0.3 is 0 Å². The molecule has 1 saturated heterocycles. The zero-order valence-electron chi connectivity index (χ0n) is 15.3. The molecule has 1 aliphatic rings. The Morgan fingerprint density at radius 1 is 1.21 bits per heavy atom. The lowest BCUT2D eigenvalue weighted by Crippen LogP contribution is -2.40. The summed E-state index contributed by atoms with van der Waals surface area (Å²) >= 11 is 3.35. The van der Waals surface area contributed by atoms with Gasteiger partial charge in [-0.2, -0.15) is 16.4 Å². The van der Waals surface area contributed by atoms with Crippen molar-refractivity contribution in [2.75, 3.05) is 13.1 Å². The topological polar surface area (TPSA) is 50.5 Å². The molecule has 0 bridgehead atoms. The molecule has 5 nitrogen and oxygen atoms in total. The van der Waals surface area contributed by atoms with Crippen LogP contribution in [0.2, 0.25) is 0 Å². The fourth-order valence-electron chi connectivity index (χ4n) is 3.76. The van der Waals surface area contributed by atoms with E-state index in [2.05, 4.69) is 23.6 Å². The summed E-state index contributed by atoms with van der Waals surface area (Å²) in [6, 6.07) is 10.3. The SMILES string of the molecule is O=C(Cc1ccsc1)N1CCC[C@@H](c2nc3ccc(-c4cccs4)cn3n2)C1. The number of rotatable bonds is 4. The number of nitrogens with zero attached hydrogens (tertiary/aromatic N) is 4. The maximum absolute atomic E-state index is 12.7. The van der Waals surface area contributed by atoms with Gasteiger partial charge in [-0.05, 0) is 58.8 Å². The lowest BCUT2D eigenvalue weighted by Gasteiger charge is -2.31. The van der Waals surface area contributed by atoms with E-state index in [1.165, 1.54) is 4.88 Å². The van der Waals surface area contributed by atoms with Crippen molar-refractivity contribution in [3.63, 3.8) is 0 Å². The summed E-state index contributed by atoms with van der Waals surface area (Å²) in [6.45, 7) is 1.53. The Morgan fingerprint density at radius 3 is 3.00 bits per heavy atom. The number of carbonyl (C=O) groups is 1. The molecule has 142 valence electrons. The summed E-state index contributed by atoms with van der Waals surface area (Å²) in [4.78, 5) is 20.6. The van der Waals surface area contributed by atoms with Crippen LogP contribution >= 0.6 is 22.7 Å². The highest BCUT2D eigenvalue weighted by Gasteiger charge is 2.27. The second kappa shape index (κ2) is 7.48. The van der Waals surface area contributed by atoms with Gasteiger partial charge in [0, 0.05) is 35.6 Å². The highest BCUT2D eigenvalue weighted by Crippen LogP contribution is 2.28. The molecule has 0 N–H and O–H groups in total. The number of aromatic nitrogens is 3. The maximum Gasteiger partial charge on any atom is 0.227 e. The molecule has 5 rings (SSSR count). The summed E-state index contributed by atoms with van der Waals surface area (Å²) < 4.78 is 1.87. The number of thiophene rings is 2. The Hall–Kier alpha value is -2.51. The molecule has 1 amide bonds. The fourth-order valence-corrected chi connectivity index (χ4v) is 5.14. The molecule has 28 heavy (non-hydrogen) atoms. The molecule has 7 heteroatoms. The molecular formula is C21H20N4OS2. The predicted octanol–water partition coefficient (Wildman–Crippen LogP) is 4.47. The molecule has 1 atom stereocenters. The van der Waals surface area contributed by atoms with Crippen LogP contribution in [0.4, 0.5) is 0 Å². The molecule has 5 heterocycles. The Labute approximate surface area is 171 Å². The first kappa shape index (κ1) is 17.6. The van der Waals surface area contributed by atoms with E-state index in [4.69, 9.17) is 10.1 Å². The van der Waals surface area contributed by atoms with Gasteiger partial charge in [0.25, 0.3) is 0 Å². The number of hydrogen-bond acceptors (Lipinski definition) is 5. The first-order valence-corrected chi connectivity index (χ1v) is 11.3. The molecular weight excluding hydrogens is 388 g/mol.